The number of nitrogens with one attached hydrogen (secondary N) is 2. The van der Waals surface area contributed by atoms with Gasteiger partial charge in [-0.3, -0.25) is 9.59 Å². The van der Waals surface area contributed by atoms with Crippen LogP contribution in [0, 0.1) is 17.3 Å². The number of amides is 1. The van der Waals surface area contributed by atoms with Gasteiger partial charge in [-0.25, -0.2) is 0 Å². The quantitative estimate of drug-likeness (QED) is 0.820. The highest BCUT2D eigenvalue weighted by atomic mass is 16.2. The van der Waals surface area contributed by atoms with Gasteiger partial charge in [-0.2, -0.15) is 0 Å². The van der Waals surface area contributed by atoms with Crippen molar-refractivity contribution < 1.29 is 4.79 Å². The molecule has 1 aliphatic rings. The molecule has 0 radical (unpaired) electrons. The second-order valence-electron chi connectivity index (χ2n) is 5.98. The molecule has 4 heteroatoms. The molecule has 0 bridgehead atoms. The van der Waals surface area contributed by atoms with Gasteiger partial charge in [-0.1, -0.05) is 25.5 Å². The van der Waals surface area contributed by atoms with E-state index in [1.807, 2.05) is 13.8 Å². The molecule has 0 spiro atoms. The van der Waals surface area contributed by atoms with Crippen LogP contribution in [0.25, 0.3) is 0 Å². The zero-order valence-corrected chi connectivity index (χ0v) is 11.8. The van der Waals surface area contributed by atoms with Crippen molar-refractivity contribution in [1.29, 1.82) is 0 Å². The number of rotatable bonds is 3. The third-order valence-corrected chi connectivity index (χ3v) is 3.79. The lowest BCUT2D eigenvalue weighted by Crippen LogP contribution is -2.21. The van der Waals surface area contributed by atoms with Gasteiger partial charge >= 0.3 is 0 Å². The summed E-state index contributed by atoms with van der Waals surface area (Å²) in [5, 5.41) is 2.72. The molecule has 0 unspecified atom stereocenters. The Hall–Kier alpha value is -1.84. The van der Waals surface area contributed by atoms with Gasteiger partial charge in [0.2, 0.25) is 11.3 Å². The zero-order chi connectivity index (χ0) is 14.2. The lowest BCUT2D eigenvalue weighted by molar-refractivity contribution is -0.118. The maximum Gasteiger partial charge on any atom is 0.228 e. The Bertz CT molecular complexity index is 580. The third-order valence-electron chi connectivity index (χ3n) is 3.79. The summed E-state index contributed by atoms with van der Waals surface area (Å²) in [6.45, 7) is 8.23. The standard InChI is InChI=1S/C15H20N2O2/c1-9(2)7-10-13(15(10,3)4)14(19)17-11-8-16-6-5-12(11)18/h5-8,10,13H,1-4H3,(H,16,18)(H,17,19)/t10-,13-/m1/s1. The van der Waals surface area contributed by atoms with E-state index >= 15 is 0 Å². The van der Waals surface area contributed by atoms with Crippen LogP contribution < -0.4 is 10.7 Å². The molecule has 0 saturated heterocycles. The van der Waals surface area contributed by atoms with E-state index in [1.165, 1.54) is 17.8 Å². The first-order valence-electron chi connectivity index (χ1n) is 6.47. The lowest BCUT2D eigenvalue weighted by Gasteiger charge is -2.04. The first-order chi connectivity index (χ1) is 8.84. The van der Waals surface area contributed by atoms with Crippen molar-refractivity contribution >= 4 is 11.6 Å². The summed E-state index contributed by atoms with van der Waals surface area (Å²) in [4.78, 5) is 26.6. The summed E-state index contributed by atoms with van der Waals surface area (Å²) in [7, 11) is 0. The van der Waals surface area contributed by atoms with Crippen LogP contribution in [0.4, 0.5) is 5.69 Å². The Morgan fingerprint density at radius 2 is 2.11 bits per heavy atom. The number of aromatic nitrogens is 1. The molecular weight excluding hydrogens is 240 g/mol. The van der Waals surface area contributed by atoms with E-state index in [1.54, 1.807) is 6.20 Å². The smallest absolute Gasteiger partial charge is 0.228 e. The van der Waals surface area contributed by atoms with Gasteiger partial charge in [0, 0.05) is 18.5 Å². The Kier molecular flexibility index (Phi) is 3.35. The van der Waals surface area contributed by atoms with Gasteiger partial charge in [-0.05, 0) is 25.2 Å². The number of pyridine rings is 1. The molecule has 2 N–H and O–H groups in total. The van der Waals surface area contributed by atoms with E-state index in [9.17, 15) is 9.59 Å². The van der Waals surface area contributed by atoms with Crippen LogP contribution in [0.2, 0.25) is 0 Å². The normalized spacial score (nSPS) is 23.6. The van der Waals surface area contributed by atoms with Crippen LogP contribution in [-0.4, -0.2) is 10.9 Å². The molecule has 1 heterocycles. The molecule has 4 nitrogen and oxygen atoms in total. The molecule has 1 fully saturated rings. The van der Waals surface area contributed by atoms with Crippen LogP contribution in [-0.2, 0) is 4.79 Å². The highest BCUT2D eigenvalue weighted by molar-refractivity contribution is 5.95. The van der Waals surface area contributed by atoms with E-state index in [-0.39, 0.29) is 28.6 Å². The fourth-order valence-corrected chi connectivity index (χ4v) is 2.57. The summed E-state index contributed by atoms with van der Waals surface area (Å²) in [5.74, 6) is 0.103. The number of allylic oxidation sites excluding steroid dienone is 2. The number of carbonyl (C=O) groups is 1. The van der Waals surface area contributed by atoms with E-state index in [2.05, 4.69) is 30.2 Å². The van der Waals surface area contributed by atoms with Crippen molar-refractivity contribution in [2.45, 2.75) is 27.7 Å². The summed E-state index contributed by atoms with van der Waals surface area (Å²) in [5.41, 5.74) is 1.31. The van der Waals surface area contributed by atoms with Gasteiger partial charge < -0.3 is 10.3 Å². The minimum absolute atomic E-state index is 0.0388. The molecule has 0 aromatic carbocycles. The van der Waals surface area contributed by atoms with E-state index in [0.29, 0.717) is 5.69 Å². The topological polar surface area (TPSA) is 62.0 Å². The second kappa shape index (κ2) is 4.68. The maximum atomic E-state index is 12.2. The largest absolute Gasteiger partial charge is 0.366 e. The van der Waals surface area contributed by atoms with Crippen molar-refractivity contribution in [3.05, 3.63) is 40.3 Å². The van der Waals surface area contributed by atoms with Crippen molar-refractivity contribution in [3.8, 4) is 0 Å². The Morgan fingerprint density at radius 3 is 2.68 bits per heavy atom. The highest BCUT2D eigenvalue weighted by Gasteiger charge is 2.60. The summed E-state index contributed by atoms with van der Waals surface area (Å²) < 4.78 is 0. The SMILES string of the molecule is CC(C)=C[C@@H]1[C@H](C(=O)Nc2c[nH]ccc2=O)C1(C)C. The van der Waals surface area contributed by atoms with Gasteiger partial charge in [0.15, 0.2) is 0 Å². The van der Waals surface area contributed by atoms with Crippen molar-refractivity contribution in [2.75, 3.05) is 5.32 Å². The first-order valence-corrected chi connectivity index (χ1v) is 6.47. The minimum atomic E-state index is -0.177. The first kappa shape index (κ1) is 13.6. The van der Waals surface area contributed by atoms with E-state index < -0.39 is 0 Å². The average molecular weight is 260 g/mol. The Labute approximate surface area is 112 Å². The number of aromatic amines is 1. The molecular formula is C15H20N2O2. The molecule has 2 atom stereocenters. The molecule has 19 heavy (non-hydrogen) atoms. The number of H-pyrrole nitrogens is 1. The van der Waals surface area contributed by atoms with Crippen LogP contribution in [0.3, 0.4) is 0 Å². The number of hydrogen-bond donors (Lipinski definition) is 2. The fourth-order valence-electron chi connectivity index (χ4n) is 2.57. The lowest BCUT2D eigenvalue weighted by atomic mass is 10.1. The third kappa shape index (κ3) is 2.62. The van der Waals surface area contributed by atoms with E-state index in [4.69, 9.17) is 0 Å². The molecule has 0 aliphatic heterocycles. The number of carbonyl (C=O) groups excluding carboxylic acids is 1. The van der Waals surface area contributed by atoms with Crippen molar-refractivity contribution in [2.24, 2.45) is 17.3 Å². The monoisotopic (exact) mass is 260 g/mol. The minimum Gasteiger partial charge on any atom is -0.366 e. The summed E-state index contributed by atoms with van der Waals surface area (Å²) >= 11 is 0. The van der Waals surface area contributed by atoms with Gasteiger partial charge in [0.1, 0.15) is 5.69 Å². The molecule has 1 amide bonds. The predicted molar refractivity (Wildman–Crippen MR) is 75.9 cm³/mol. The van der Waals surface area contributed by atoms with Gasteiger partial charge in [-0.15, -0.1) is 0 Å². The van der Waals surface area contributed by atoms with Crippen LogP contribution in [0.15, 0.2) is 34.9 Å². The fraction of sp³-hybridized carbons (Fsp3) is 0.467. The summed E-state index contributed by atoms with van der Waals surface area (Å²) in [6.07, 6.45) is 5.20. The number of anilines is 1. The maximum absolute atomic E-state index is 12.2. The van der Waals surface area contributed by atoms with Crippen LogP contribution in [0.1, 0.15) is 27.7 Å². The molecule has 1 aromatic heterocycles. The van der Waals surface area contributed by atoms with Crippen LogP contribution >= 0.6 is 0 Å². The van der Waals surface area contributed by atoms with Crippen molar-refractivity contribution in [1.82, 2.24) is 4.98 Å². The molecule has 1 saturated carbocycles. The Morgan fingerprint density at radius 1 is 1.42 bits per heavy atom. The molecule has 102 valence electrons. The highest BCUT2D eigenvalue weighted by Crippen LogP contribution is 2.59. The predicted octanol–water partition coefficient (Wildman–Crippen LogP) is 2.55. The molecule has 1 aromatic rings. The van der Waals surface area contributed by atoms with E-state index in [0.717, 1.165) is 0 Å². The van der Waals surface area contributed by atoms with Crippen LogP contribution in [0.5, 0.6) is 0 Å². The zero-order valence-electron chi connectivity index (χ0n) is 11.8. The van der Waals surface area contributed by atoms with Crippen molar-refractivity contribution in [3.63, 3.8) is 0 Å². The van der Waals surface area contributed by atoms with Gasteiger partial charge in [0.05, 0.1) is 5.92 Å². The summed E-state index contributed by atoms with van der Waals surface area (Å²) in [6, 6.07) is 1.40. The van der Waals surface area contributed by atoms with Gasteiger partial charge in [0.25, 0.3) is 0 Å². The molecule has 1 aliphatic carbocycles. The number of hydrogen-bond acceptors (Lipinski definition) is 2. The average Bonchev–Trinajstić information content (AvgIpc) is 2.82. The molecule has 2 rings (SSSR count). The Balaban J connectivity index is 2.13. The second-order valence-corrected chi connectivity index (χ2v) is 5.98.